The zero-order chi connectivity index (χ0) is 35.8. The SMILES string of the molecule is CC(=O)OC[C@H]1O[C@@H](SC(=O)C(CC(C)C)NC(=O)OCC2c3ccccc3-c3ccccc32)[C@H](OC(C)=O)[C@@H](OC(C)=O)[C@@H]1OC(C)=O. The molecule has 1 unspecified atom stereocenters. The van der Waals surface area contributed by atoms with E-state index in [9.17, 15) is 28.8 Å². The maximum Gasteiger partial charge on any atom is 0.407 e. The van der Waals surface area contributed by atoms with E-state index in [0.717, 1.165) is 49.9 Å². The van der Waals surface area contributed by atoms with Crippen molar-refractivity contribution in [2.45, 2.75) is 89.8 Å². The van der Waals surface area contributed by atoms with Crippen molar-refractivity contribution >= 4 is 46.8 Å². The summed E-state index contributed by atoms with van der Waals surface area (Å²) in [6.45, 7) is 7.85. The van der Waals surface area contributed by atoms with Crippen LogP contribution in [0.4, 0.5) is 4.79 Å². The van der Waals surface area contributed by atoms with E-state index in [1.807, 2.05) is 62.4 Å². The van der Waals surface area contributed by atoms with Gasteiger partial charge in [0.1, 0.15) is 25.4 Å². The first kappa shape index (κ1) is 37.4. The minimum absolute atomic E-state index is 0.0370. The molecule has 0 spiro atoms. The molecule has 2 aromatic rings. The second-order valence-corrected chi connectivity index (χ2v) is 13.3. The number of ether oxygens (including phenoxy) is 6. The fraction of sp³-hybridized carbons (Fsp3) is 0.486. The van der Waals surface area contributed by atoms with Gasteiger partial charge in [-0.3, -0.25) is 24.0 Å². The summed E-state index contributed by atoms with van der Waals surface area (Å²) in [5.74, 6) is -3.26. The lowest BCUT2D eigenvalue weighted by Gasteiger charge is -2.44. The summed E-state index contributed by atoms with van der Waals surface area (Å²) in [7, 11) is 0. The van der Waals surface area contributed by atoms with Crippen molar-refractivity contribution in [1.82, 2.24) is 5.32 Å². The minimum Gasteiger partial charge on any atom is -0.463 e. The lowest BCUT2D eigenvalue weighted by Crippen LogP contribution is -2.62. The van der Waals surface area contributed by atoms with Crippen LogP contribution in [-0.2, 0) is 52.4 Å². The molecule has 4 rings (SSSR count). The van der Waals surface area contributed by atoms with Crippen LogP contribution < -0.4 is 5.32 Å². The van der Waals surface area contributed by atoms with Gasteiger partial charge in [0.05, 0.1) is 0 Å². The number of rotatable bonds is 12. The van der Waals surface area contributed by atoms with Gasteiger partial charge in [-0.05, 0) is 34.6 Å². The van der Waals surface area contributed by atoms with Gasteiger partial charge in [-0.1, -0.05) is 74.1 Å². The maximum atomic E-state index is 13.9. The van der Waals surface area contributed by atoms with Gasteiger partial charge in [0, 0.05) is 33.6 Å². The lowest BCUT2D eigenvalue weighted by molar-refractivity contribution is -0.237. The number of carbonyl (C=O) groups excluding carboxylic acids is 6. The summed E-state index contributed by atoms with van der Waals surface area (Å²) in [6, 6.07) is 14.8. The number of amides is 1. The third-order valence-electron chi connectivity index (χ3n) is 7.81. The van der Waals surface area contributed by atoms with E-state index in [1.165, 1.54) is 0 Å². The zero-order valence-corrected chi connectivity index (χ0v) is 29.0. The number of carbonyl (C=O) groups is 6. The molecular weight excluding hydrogens is 658 g/mol. The minimum atomic E-state index is -1.43. The van der Waals surface area contributed by atoms with Crippen LogP contribution in [-0.4, -0.2) is 84.2 Å². The Labute approximate surface area is 288 Å². The summed E-state index contributed by atoms with van der Waals surface area (Å²) >= 11 is 0.596. The molecular formula is C35H41NO12S. The molecule has 2 aromatic carbocycles. The Kier molecular flexibility index (Phi) is 12.8. The molecule has 0 radical (unpaired) electrons. The summed E-state index contributed by atoms with van der Waals surface area (Å²) in [5, 5.41) is 2.11. The Morgan fingerprint density at radius 2 is 1.24 bits per heavy atom. The normalized spacial score (nSPS) is 21.8. The van der Waals surface area contributed by atoms with Gasteiger partial charge in [0.15, 0.2) is 23.7 Å². The van der Waals surface area contributed by atoms with Crippen molar-refractivity contribution in [3.8, 4) is 11.1 Å². The van der Waals surface area contributed by atoms with Gasteiger partial charge in [-0.25, -0.2) is 4.79 Å². The van der Waals surface area contributed by atoms with Gasteiger partial charge >= 0.3 is 30.0 Å². The number of hydrogen-bond donors (Lipinski definition) is 1. The molecule has 264 valence electrons. The molecule has 1 N–H and O–H groups in total. The van der Waals surface area contributed by atoms with Gasteiger partial charge in [-0.15, -0.1) is 0 Å². The molecule has 0 bridgehead atoms. The van der Waals surface area contributed by atoms with Crippen molar-refractivity contribution in [2.75, 3.05) is 13.2 Å². The quantitative estimate of drug-likeness (QED) is 0.246. The summed E-state index contributed by atoms with van der Waals surface area (Å²) in [4.78, 5) is 75.1. The molecule has 0 saturated carbocycles. The molecule has 1 amide bonds. The number of benzene rings is 2. The first-order chi connectivity index (χ1) is 23.2. The number of nitrogens with one attached hydrogen (secondary N) is 1. The summed E-state index contributed by atoms with van der Waals surface area (Å²) < 4.78 is 33.2. The van der Waals surface area contributed by atoms with E-state index in [1.54, 1.807) is 0 Å². The second-order valence-electron chi connectivity index (χ2n) is 12.2. The highest BCUT2D eigenvalue weighted by Gasteiger charge is 2.53. The van der Waals surface area contributed by atoms with Gasteiger partial charge < -0.3 is 33.7 Å². The van der Waals surface area contributed by atoms with Crippen LogP contribution in [0.5, 0.6) is 0 Å². The van der Waals surface area contributed by atoms with Crippen LogP contribution >= 0.6 is 11.8 Å². The average molecular weight is 700 g/mol. The van der Waals surface area contributed by atoms with Crippen molar-refractivity contribution in [2.24, 2.45) is 5.92 Å². The monoisotopic (exact) mass is 699 g/mol. The second kappa shape index (κ2) is 16.8. The molecule has 1 fully saturated rings. The van der Waals surface area contributed by atoms with Crippen LogP contribution in [0.2, 0.25) is 0 Å². The Morgan fingerprint density at radius 1 is 0.714 bits per heavy atom. The largest absolute Gasteiger partial charge is 0.463 e. The lowest BCUT2D eigenvalue weighted by atomic mass is 9.98. The predicted molar refractivity (Wildman–Crippen MR) is 176 cm³/mol. The predicted octanol–water partition coefficient (Wildman–Crippen LogP) is 4.28. The third-order valence-corrected chi connectivity index (χ3v) is 8.94. The molecule has 49 heavy (non-hydrogen) atoms. The first-order valence-corrected chi connectivity index (χ1v) is 16.8. The summed E-state index contributed by atoms with van der Waals surface area (Å²) in [5.41, 5.74) is 2.88. The van der Waals surface area contributed by atoms with Gasteiger partial charge in [-0.2, -0.15) is 0 Å². The number of thioether (sulfide) groups is 1. The topological polar surface area (TPSA) is 170 Å². The molecule has 0 aromatic heterocycles. The fourth-order valence-corrected chi connectivity index (χ4v) is 7.04. The first-order valence-electron chi connectivity index (χ1n) is 15.9. The molecule has 1 aliphatic heterocycles. The molecule has 13 nitrogen and oxygen atoms in total. The van der Waals surface area contributed by atoms with Crippen LogP contribution in [0.1, 0.15) is 65.0 Å². The van der Waals surface area contributed by atoms with Crippen LogP contribution in [0.25, 0.3) is 11.1 Å². The summed E-state index contributed by atoms with van der Waals surface area (Å²) in [6.07, 6.45) is -6.01. The molecule has 2 aliphatic rings. The Morgan fingerprint density at radius 3 is 1.78 bits per heavy atom. The van der Waals surface area contributed by atoms with Crippen molar-refractivity contribution in [3.63, 3.8) is 0 Å². The Bertz CT molecular complexity index is 1520. The number of alkyl carbamates (subject to hydrolysis) is 1. The molecule has 1 heterocycles. The maximum absolute atomic E-state index is 13.9. The van der Waals surface area contributed by atoms with Crippen molar-refractivity contribution < 1.29 is 57.2 Å². The van der Waals surface area contributed by atoms with E-state index in [0.29, 0.717) is 11.8 Å². The van der Waals surface area contributed by atoms with E-state index < -0.39 is 77.6 Å². The molecule has 1 aliphatic carbocycles. The van der Waals surface area contributed by atoms with Crippen molar-refractivity contribution in [3.05, 3.63) is 59.7 Å². The highest BCUT2D eigenvalue weighted by Crippen LogP contribution is 2.44. The molecule has 1 saturated heterocycles. The third kappa shape index (κ3) is 9.82. The van der Waals surface area contributed by atoms with E-state index in [2.05, 4.69) is 5.32 Å². The van der Waals surface area contributed by atoms with E-state index in [-0.39, 0.29) is 24.9 Å². The van der Waals surface area contributed by atoms with E-state index >= 15 is 0 Å². The number of fused-ring (bicyclic) bond motifs is 3. The highest BCUT2D eigenvalue weighted by atomic mass is 32.2. The molecule has 6 atom stereocenters. The fourth-order valence-electron chi connectivity index (χ4n) is 5.95. The number of esters is 4. The van der Waals surface area contributed by atoms with Crippen LogP contribution in [0, 0.1) is 5.92 Å². The van der Waals surface area contributed by atoms with E-state index in [4.69, 9.17) is 28.4 Å². The Balaban J connectivity index is 1.53. The standard InChI is InChI=1S/C35H41NO12S/c1-18(2)15-28(36-35(42)44-16-27-25-13-9-7-11-23(25)24-12-8-10-14-26(24)27)33(41)49-34-32(47-22(6)40)31(46-21(5)39)30(45-20(4)38)29(48-34)17-43-19(3)37/h7-14,18,27-32,34H,15-17H2,1-6H3,(H,36,42)/t28?,29-,30-,31+,32-,34+/m1/s1. The van der Waals surface area contributed by atoms with Crippen molar-refractivity contribution in [1.29, 1.82) is 0 Å². The Hall–Kier alpha value is -4.43. The zero-order valence-electron chi connectivity index (χ0n) is 28.2. The van der Waals surface area contributed by atoms with Gasteiger partial charge in [0.25, 0.3) is 0 Å². The smallest absolute Gasteiger partial charge is 0.407 e. The molecule has 14 heteroatoms. The van der Waals surface area contributed by atoms with Crippen LogP contribution in [0.3, 0.4) is 0 Å². The number of hydrogen-bond acceptors (Lipinski definition) is 13. The van der Waals surface area contributed by atoms with Crippen LogP contribution in [0.15, 0.2) is 48.5 Å². The average Bonchev–Trinajstić information content (AvgIpc) is 3.34. The van der Waals surface area contributed by atoms with Gasteiger partial charge in [0.2, 0.25) is 5.12 Å². The highest BCUT2D eigenvalue weighted by molar-refractivity contribution is 8.14.